The van der Waals surface area contributed by atoms with Crippen molar-refractivity contribution < 1.29 is 0 Å². The van der Waals surface area contributed by atoms with E-state index in [1.807, 2.05) is 0 Å². The lowest BCUT2D eigenvalue weighted by Gasteiger charge is -2.42. The lowest BCUT2D eigenvalue weighted by atomic mass is 9.78. The highest BCUT2D eigenvalue weighted by Gasteiger charge is 2.53. The lowest BCUT2D eigenvalue weighted by molar-refractivity contribution is 0.376. The molecule has 1 aliphatic rings. The van der Waals surface area contributed by atoms with E-state index < -0.39 is 0 Å². The molecule has 3 heteroatoms. The molecule has 7 aromatic carbocycles. The van der Waals surface area contributed by atoms with Gasteiger partial charge in [0.2, 0.25) is 0 Å². The largest absolute Gasteiger partial charge is 0.353 e. The van der Waals surface area contributed by atoms with Crippen molar-refractivity contribution in [3.63, 3.8) is 0 Å². The average Bonchev–Trinajstić information content (AvgIpc) is 3.64. The molecule has 1 aliphatic heterocycles. The zero-order valence-electron chi connectivity index (χ0n) is 34.7. The summed E-state index contributed by atoms with van der Waals surface area (Å²) in [5, 5.41) is 4.93. The summed E-state index contributed by atoms with van der Waals surface area (Å²) in [6, 6.07) is 59.7. The highest BCUT2D eigenvalue weighted by atomic mass is 15.3. The van der Waals surface area contributed by atoms with E-state index in [2.05, 4.69) is 227 Å². The Kier molecular flexibility index (Phi) is 9.04. The monoisotopic (exact) mass is 744 g/mol. The second-order valence-electron chi connectivity index (χ2n) is 17.9. The molecule has 0 N–H and O–H groups in total. The maximum Gasteiger partial charge on any atom is 0.0989 e. The van der Waals surface area contributed by atoms with E-state index >= 15 is 0 Å². The quantitative estimate of drug-likeness (QED) is 0.153. The predicted molar refractivity (Wildman–Crippen MR) is 245 cm³/mol. The number of rotatable bonds is 8. The van der Waals surface area contributed by atoms with Crippen molar-refractivity contribution in [2.24, 2.45) is 5.41 Å². The summed E-state index contributed by atoms with van der Waals surface area (Å²) in [4.78, 5) is 5.18. The van der Waals surface area contributed by atoms with Gasteiger partial charge in [-0.3, -0.25) is 0 Å². The SMILES string of the molecule is CC(C)c1cccc(C(C)C)c1N1[C](c2ccc(N(c3ccc4c(c3)c3ccccc3n4-c3ccccc3)c3cccc4ccccc34)cc2)C(C)(C)CC1(C)C. The number of para-hydroxylation sites is 3. The van der Waals surface area contributed by atoms with Crippen molar-refractivity contribution in [2.45, 2.75) is 79.2 Å². The fraction of sp³-hybridized carbons (Fsp3) is 0.241. The Morgan fingerprint density at radius 3 is 1.81 bits per heavy atom. The molecule has 0 unspecified atom stereocenters. The molecule has 1 radical (unpaired) electrons. The molecule has 0 amide bonds. The van der Waals surface area contributed by atoms with Crippen LogP contribution in [0.25, 0.3) is 38.3 Å². The van der Waals surface area contributed by atoms with Crippen LogP contribution in [0.15, 0.2) is 158 Å². The van der Waals surface area contributed by atoms with Crippen LogP contribution in [0.4, 0.5) is 22.7 Å². The molecule has 2 heterocycles. The number of fused-ring (bicyclic) bond motifs is 4. The van der Waals surface area contributed by atoms with Crippen molar-refractivity contribution in [3.8, 4) is 5.69 Å². The van der Waals surface area contributed by atoms with E-state index in [0.29, 0.717) is 11.8 Å². The van der Waals surface area contributed by atoms with Gasteiger partial charge in [-0.05, 0) is 114 Å². The molecular formula is C54H54N3. The maximum absolute atomic E-state index is 2.73. The first-order valence-electron chi connectivity index (χ1n) is 20.7. The molecule has 0 spiro atoms. The fourth-order valence-corrected chi connectivity index (χ4v) is 10.1. The minimum absolute atomic E-state index is 0.0311. The van der Waals surface area contributed by atoms with Crippen LogP contribution in [0.3, 0.4) is 0 Å². The standard InChI is InChI=1S/C54H54N3/c1-36(2)43-24-17-25-44(37(3)4)51(43)57-52(53(5,6)35-54(57,7)8)39-28-30-41(31-29-39)55(48-27-16-19-38-18-12-13-22-45(38)48)42-32-33-50-47(34-42)46-23-14-15-26-49(46)56(50)40-20-10-9-11-21-40/h9-34,36-37H,35H2,1-8H3. The topological polar surface area (TPSA) is 11.4 Å². The van der Waals surface area contributed by atoms with Gasteiger partial charge in [-0.2, -0.15) is 0 Å². The lowest BCUT2D eigenvalue weighted by Crippen LogP contribution is -2.42. The molecule has 0 bridgehead atoms. The Morgan fingerprint density at radius 1 is 0.526 bits per heavy atom. The van der Waals surface area contributed by atoms with Crippen molar-refractivity contribution in [1.29, 1.82) is 0 Å². The van der Waals surface area contributed by atoms with Crippen LogP contribution in [0.5, 0.6) is 0 Å². The summed E-state index contributed by atoms with van der Waals surface area (Å²) in [6.07, 6.45) is 1.07. The third-order valence-electron chi connectivity index (χ3n) is 12.2. The first kappa shape index (κ1) is 36.8. The second-order valence-corrected chi connectivity index (χ2v) is 17.9. The second kappa shape index (κ2) is 14.0. The zero-order chi connectivity index (χ0) is 39.6. The minimum Gasteiger partial charge on any atom is -0.353 e. The molecule has 0 saturated carbocycles. The van der Waals surface area contributed by atoms with Gasteiger partial charge in [0.1, 0.15) is 0 Å². The van der Waals surface area contributed by atoms with Crippen LogP contribution < -0.4 is 9.80 Å². The van der Waals surface area contributed by atoms with Gasteiger partial charge in [0, 0.05) is 44.4 Å². The third kappa shape index (κ3) is 6.20. The van der Waals surface area contributed by atoms with Crippen LogP contribution >= 0.6 is 0 Å². The van der Waals surface area contributed by atoms with E-state index in [4.69, 9.17) is 0 Å². The summed E-state index contributed by atoms with van der Waals surface area (Å²) in [7, 11) is 0. The zero-order valence-corrected chi connectivity index (χ0v) is 34.7. The number of nitrogens with zero attached hydrogens (tertiary/aromatic N) is 3. The summed E-state index contributed by atoms with van der Waals surface area (Å²) in [6.45, 7) is 19.1. The molecule has 1 aromatic heterocycles. The molecular weight excluding hydrogens is 691 g/mol. The van der Waals surface area contributed by atoms with Crippen molar-refractivity contribution in [1.82, 2.24) is 4.57 Å². The van der Waals surface area contributed by atoms with Crippen LogP contribution in [-0.2, 0) is 0 Å². The van der Waals surface area contributed by atoms with Crippen molar-refractivity contribution in [2.75, 3.05) is 9.80 Å². The number of aromatic nitrogens is 1. The number of anilines is 4. The molecule has 0 atom stereocenters. The minimum atomic E-state index is -0.0601. The van der Waals surface area contributed by atoms with Gasteiger partial charge < -0.3 is 14.4 Å². The first-order chi connectivity index (χ1) is 27.4. The van der Waals surface area contributed by atoms with E-state index in [1.54, 1.807) is 0 Å². The van der Waals surface area contributed by atoms with Crippen LogP contribution in [0.2, 0.25) is 0 Å². The van der Waals surface area contributed by atoms with Gasteiger partial charge in [0.15, 0.2) is 0 Å². The highest BCUT2D eigenvalue weighted by molar-refractivity contribution is 6.11. The van der Waals surface area contributed by atoms with Crippen LogP contribution in [0.1, 0.15) is 90.3 Å². The molecule has 1 saturated heterocycles. The van der Waals surface area contributed by atoms with Crippen LogP contribution in [0, 0.1) is 11.5 Å². The highest BCUT2D eigenvalue weighted by Crippen LogP contribution is 2.57. The number of benzene rings is 7. The van der Waals surface area contributed by atoms with Crippen molar-refractivity contribution in [3.05, 3.63) is 180 Å². The molecule has 1 fully saturated rings. The molecule has 9 rings (SSSR count). The van der Waals surface area contributed by atoms with E-state index in [0.717, 1.165) is 23.5 Å². The normalized spacial score (nSPS) is 15.4. The Morgan fingerprint density at radius 2 is 1.11 bits per heavy atom. The summed E-state index contributed by atoms with van der Waals surface area (Å²) in [5.74, 6) is 0.824. The Balaban J connectivity index is 1.22. The molecule has 285 valence electrons. The van der Waals surface area contributed by atoms with Gasteiger partial charge in [-0.25, -0.2) is 0 Å². The smallest absolute Gasteiger partial charge is 0.0989 e. The van der Waals surface area contributed by atoms with E-state index in [-0.39, 0.29) is 11.0 Å². The van der Waals surface area contributed by atoms with Gasteiger partial charge in [0.25, 0.3) is 0 Å². The van der Waals surface area contributed by atoms with E-state index in [1.165, 1.54) is 66.7 Å². The molecule has 3 nitrogen and oxygen atoms in total. The number of hydrogen-bond acceptors (Lipinski definition) is 2. The number of hydrogen-bond donors (Lipinski definition) is 0. The first-order valence-corrected chi connectivity index (χ1v) is 20.7. The Hall–Kier alpha value is -5.80. The van der Waals surface area contributed by atoms with Gasteiger partial charge in [-0.15, -0.1) is 0 Å². The predicted octanol–water partition coefficient (Wildman–Crippen LogP) is 15.2. The third-order valence-corrected chi connectivity index (χ3v) is 12.2. The van der Waals surface area contributed by atoms with Gasteiger partial charge >= 0.3 is 0 Å². The van der Waals surface area contributed by atoms with Crippen LogP contribution in [-0.4, -0.2) is 10.1 Å². The average molecular weight is 745 g/mol. The Labute approximate surface area is 339 Å². The maximum atomic E-state index is 2.73. The molecule has 57 heavy (non-hydrogen) atoms. The Bertz CT molecular complexity index is 2700. The van der Waals surface area contributed by atoms with Gasteiger partial charge in [-0.1, -0.05) is 145 Å². The summed E-state index contributed by atoms with van der Waals surface area (Å²) < 4.78 is 2.39. The molecule has 0 aliphatic carbocycles. The molecule has 8 aromatic rings. The summed E-state index contributed by atoms with van der Waals surface area (Å²) >= 11 is 0. The fourth-order valence-electron chi connectivity index (χ4n) is 10.1. The van der Waals surface area contributed by atoms with E-state index in [9.17, 15) is 0 Å². The van der Waals surface area contributed by atoms with Crippen molar-refractivity contribution >= 4 is 55.3 Å². The summed E-state index contributed by atoms with van der Waals surface area (Å²) in [5.41, 5.74) is 12.4. The van der Waals surface area contributed by atoms with Gasteiger partial charge in [0.05, 0.1) is 22.8 Å².